The summed E-state index contributed by atoms with van der Waals surface area (Å²) in [6.07, 6.45) is 3.23. The van der Waals surface area contributed by atoms with Crippen molar-refractivity contribution < 1.29 is 19.4 Å². The molecule has 1 aliphatic heterocycles. The number of nitrogens with zero attached hydrogens (tertiary/aromatic N) is 3. The Labute approximate surface area is 183 Å². The highest BCUT2D eigenvalue weighted by Crippen LogP contribution is 2.39. The van der Waals surface area contributed by atoms with E-state index in [1.807, 2.05) is 19.0 Å². The highest BCUT2D eigenvalue weighted by molar-refractivity contribution is 6.46. The molecule has 0 spiro atoms. The number of aliphatic hydroxyl groups excluding tert-OH is 1. The number of Topliss-reactive ketones (excluding diaryl/α,β-unsaturated/α-hetero) is 1. The standard InChI is InChI=1S/C24H29N3O4/c1-16(2)15-31-19-7-5-18(6-8-19)22(28)20-21(17-9-11-25-12-10-17)27(14-13-26(3)4)24(30)23(20)29/h5-12,16,21,28H,13-15H2,1-4H3/t21-/m0/s1. The van der Waals surface area contributed by atoms with E-state index in [1.54, 1.807) is 48.8 Å². The first-order chi connectivity index (χ1) is 14.8. The molecule has 1 aliphatic rings. The smallest absolute Gasteiger partial charge is 0.295 e. The van der Waals surface area contributed by atoms with Crippen molar-refractivity contribution in [1.82, 2.24) is 14.8 Å². The number of carbonyl (C=O) groups is 2. The minimum Gasteiger partial charge on any atom is -0.507 e. The van der Waals surface area contributed by atoms with Gasteiger partial charge in [-0.05, 0) is 62.0 Å². The van der Waals surface area contributed by atoms with Crippen LogP contribution in [0.5, 0.6) is 5.75 Å². The molecular formula is C24H29N3O4. The van der Waals surface area contributed by atoms with Crippen LogP contribution in [0.1, 0.15) is 31.0 Å². The van der Waals surface area contributed by atoms with Gasteiger partial charge in [0.15, 0.2) is 0 Å². The van der Waals surface area contributed by atoms with Crippen molar-refractivity contribution in [3.05, 3.63) is 65.5 Å². The molecule has 7 nitrogen and oxygen atoms in total. The summed E-state index contributed by atoms with van der Waals surface area (Å²) in [7, 11) is 3.81. The number of pyridine rings is 1. The zero-order valence-corrected chi connectivity index (χ0v) is 18.4. The van der Waals surface area contributed by atoms with E-state index in [0.29, 0.717) is 36.9 Å². The Bertz CT molecular complexity index is 953. The predicted molar refractivity (Wildman–Crippen MR) is 119 cm³/mol. The van der Waals surface area contributed by atoms with Crippen molar-refractivity contribution in [2.24, 2.45) is 5.92 Å². The number of ketones is 1. The molecule has 1 saturated heterocycles. The van der Waals surface area contributed by atoms with E-state index >= 15 is 0 Å². The Morgan fingerprint density at radius 2 is 1.77 bits per heavy atom. The SMILES string of the molecule is CC(C)COc1ccc(C(O)=C2C(=O)C(=O)N(CCN(C)C)[C@H]2c2ccncc2)cc1. The lowest BCUT2D eigenvalue weighted by Crippen LogP contribution is -2.35. The Kier molecular flexibility index (Phi) is 7.07. The summed E-state index contributed by atoms with van der Waals surface area (Å²) in [6.45, 7) is 5.67. The number of rotatable bonds is 8. The van der Waals surface area contributed by atoms with Crippen molar-refractivity contribution >= 4 is 17.4 Å². The molecule has 7 heteroatoms. The summed E-state index contributed by atoms with van der Waals surface area (Å²) in [5.41, 5.74) is 1.28. The first-order valence-corrected chi connectivity index (χ1v) is 10.4. The first kappa shape index (κ1) is 22.5. The summed E-state index contributed by atoms with van der Waals surface area (Å²) in [5, 5.41) is 11.1. The lowest BCUT2D eigenvalue weighted by atomic mass is 9.96. The van der Waals surface area contributed by atoms with Crippen LogP contribution in [0.25, 0.3) is 5.76 Å². The van der Waals surface area contributed by atoms with Gasteiger partial charge in [-0.1, -0.05) is 13.8 Å². The van der Waals surface area contributed by atoms with E-state index < -0.39 is 17.7 Å². The van der Waals surface area contributed by atoms with Crippen molar-refractivity contribution in [2.45, 2.75) is 19.9 Å². The molecule has 0 saturated carbocycles. The van der Waals surface area contributed by atoms with Gasteiger partial charge in [-0.15, -0.1) is 0 Å². The van der Waals surface area contributed by atoms with E-state index in [0.717, 1.165) is 5.56 Å². The van der Waals surface area contributed by atoms with E-state index in [9.17, 15) is 14.7 Å². The van der Waals surface area contributed by atoms with Gasteiger partial charge >= 0.3 is 0 Å². The fourth-order valence-corrected chi connectivity index (χ4v) is 3.44. The van der Waals surface area contributed by atoms with Crippen LogP contribution >= 0.6 is 0 Å². The molecule has 1 amide bonds. The molecule has 3 rings (SSSR count). The zero-order valence-electron chi connectivity index (χ0n) is 18.4. The third kappa shape index (κ3) is 5.11. The second-order valence-corrected chi connectivity index (χ2v) is 8.31. The van der Waals surface area contributed by atoms with Crippen LogP contribution in [-0.4, -0.2) is 65.4 Å². The molecule has 31 heavy (non-hydrogen) atoms. The number of hydrogen-bond acceptors (Lipinski definition) is 6. The van der Waals surface area contributed by atoms with Crippen molar-refractivity contribution in [3.8, 4) is 5.75 Å². The minimum atomic E-state index is -0.682. The minimum absolute atomic E-state index is 0.0887. The first-order valence-electron chi connectivity index (χ1n) is 10.4. The number of carbonyl (C=O) groups excluding carboxylic acids is 2. The van der Waals surface area contributed by atoms with Crippen LogP contribution in [0, 0.1) is 5.92 Å². The lowest BCUT2D eigenvalue weighted by molar-refractivity contribution is -0.140. The number of likely N-dealkylation sites (N-methyl/N-ethyl adjacent to an activating group) is 1. The highest BCUT2D eigenvalue weighted by atomic mass is 16.5. The third-order valence-corrected chi connectivity index (χ3v) is 5.06. The Hall–Kier alpha value is -3.19. The van der Waals surface area contributed by atoms with Crippen molar-refractivity contribution in [3.63, 3.8) is 0 Å². The third-order valence-electron chi connectivity index (χ3n) is 5.06. The Balaban J connectivity index is 2.00. The fraction of sp³-hybridized carbons (Fsp3) is 0.375. The van der Waals surface area contributed by atoms with E-state index in [1.165, 1.54) is 4.90 Å². The van der Waals surface area contributed by atoms with Gasteiger partial charge in [0.1, 0.15) is 11.5 Å². The Morgan fingerprint density at radius 1 is 1.13 bits per heavy atom. The number of ether oxygens (including phenoxy) is 1. The molecule has 2 aromatic rings. The quantitative estimate of drug-likeness (QED) is 0.399. The molecule has 1 fully saturated rings. The molecule has 1 N–H and O–H groups in total. The van der Waals surface area contributed by atoms with Gasteiger partial charge in [-0.3, -0.25) is 14.6 Å². The highest BCUT2D eigenvalue weighted by Gasteiger charge is 2.45. The molecule has 0 radical (unpaired) electrons. The van der Waals surface area contributed by atoms with Gasteiger partial charge in [0.2, 0.25) is 0 Å². The van der Waals surface area contributed by atoms with Gasteiger partial charge in [0.05, 0.1) is 18.2 Å². The second-order valence-electron chi connectivity index (χ2n) is 8.31. The summed E-state index contributed by atoms with van der Waals surface area (Å²) in [4.78, 5) is 33.3. The average Bonchev–Trinajstić information content (AvgIpc) is 3.01. The maximum absolute atomic E-state index is 12.9. The molecule has 0 bridgehead atoms. The molecule has 2 heterocycles. The molecular weight excluding hydrogens is 394 g/mol. The van der Waals surface area contributed by atoms with Gasteiger partial charge in [-0.25, -0.2) is 0 Å². The van der Waals surface area contributed by atoms with Crippen LogP contribution in [0.4, 0.5) is 0 Å². The molecule has 164 valence electrons. The number of aromatic nitrogens is 1. The summed E-state index contributed by atoms with van der Waals surface area (Å²) in [6, 6.07) is 9.75. The number of likely N-dealkylation sites (tertiary alicyclic amines) is 1. The number of amides is 1. The number of hydrogen-bond donors (Lipinski definition) is 1. The predicted octanol–water partition coefficient (Wildman–Crippen LogP) is 3.10. The van der Waals surface area contributed by atoms with Crippen LogP contribution in [0.2, 0.25) is 0 Å². The van der Waals surface area contributed by atoms with E-state index in [2.05, 4.69) is 18.8 Å². The van der Waals surface area contributed by atoms with Gasteiger partial charge < -0.3 is 19.6 Å². The molecule has 1 aromatic heterocycles. The summed E-state index contributed by atoms with van der Waals surface area (Å²) in [5.74, 6) is -0.405. The van der Waals surface area contributed by atoms with E-state index in [-0.39, 0.29) is 11.3 Å². The molecule has 0 aliphatic carbocycles. The lowest BCUT2D eigenvalue weighted by Gasteiger charge is -2.26. The monoisotopic (exact) mass is 423 g/mol. The van der Waals surface area contributed by atoms with Crippen LogP contribution < -0.4 is 4.74 Å². The average molecular weight is 424 g/mol. The molecule has 0 unspecified atom stereocenters. The maximum Gasteiger partial charge on any atom is 0.295 e. The van der Waals surface area contributed by atoms with Gasteiger partial charge in [-0.2, -0.15) is 0 Å². The largest absolute Gasteiger partial charge is 0.507 e. The van der Waals surface area contributed by atoms with Crippen molar-refractivity contribution in [2.75, 3.05) is 33.8 Å². The fourth-order valence-electron chi connectivity index (χ4n) is 3.44. The number of benzene rings is 1. The second kappa shape index (κ2) is 9.75. The number of aliphatic hydroxyl groups is 1. The Morgan fingerprint density at radius 3 is 2.35 bits per heavy atom. The van der Waals surface area contributed by atoms with Gasteiger partial charge in [0, 0.05) is 31.0 Å². The molecule has 1 aromatic carbocycles. The zero-order chi connectivity index (χ0) is 22.5. The topological polar surface area (TPSA) is 83.0 Å². The normalized spacial score (nSPS) is 18.3. The van der Waals surface area contributed by atoms with Crippen LogP contribution in [0.15, 0.2) is 54.4 Å². The maximum atomic E-state index is 12.9. The molecule has 1 atom stereocenters. The van der Waals surface area contributed by atoms with E-state index in [4.69, 9.17) is 4.74 Å². The van der Waals surface area contributed by atoms with Crippen LogP contribution in [0.3, 0.4) is 0 Å². The summed E-state index contributed by atoms with van der Waals surface area (Å²) >= 11 is 0. The summed E-state index contributed by atoms with van der Waals surface area (Å²) < 4.78 is 5.69. The van der Waals surface area contributed by atoms with Crippen molar-refractivity contribution in [1.29, 1.82) is 0 Å². The van der Waals surface area contributed by atoms with Gasteiger partial charge in [0.25, 0.3) is 11.7 Å². The van der Waals surface area contributed by atoms with Crippen LogP contribution in [-0.2, 0) is 9.59 Å².